The van der Waals surface area contributed by atoms with Gasteiger partial charge < -0.3 is 10.6 Å². The molecule has 0 bridgehead atoms. The second kappa shape index (κ2) is 7.71. The molecule has 2 amide bonds. The number of nitrogens with one attached hydrogen (secondary N) is 2. The molecule has 0 radical (unpaired) electrons. The van der Waals surface area contributed by atoms with Gasteiger partial charge in [0, 0.05) is 16.9 Å². The molecular weight excluding hydrogens is 386 g/mol. The van der Waals surface area contributed by atoms with Gasteiger partial charge in [-0.3, -0.25) is 14.6 Å². The average molecular weight is 400 g/mol. The number of pyridine rings is 1. The monoisotopic (exact) mass is 399 g/mol. The zero-order valence-electron chi connectivity index (χ0n) is 13.0. The van der Waals surface area contributed by atoms with Crippen molar-refractivity contribution in [3.63, 3.8) is 0 Å². The second-order valence-electron chi connectivity index (χ2n) is 5.10. The molecule has 0 aliphatic rings. The minimum Gasteiger partial charge on any atom is -0.342 e. The predicted octanol–water partition coefficient (Wildman–Crippen LogP) is 2.40. The Hall–Kier alpha value is -3.00. The Morgan fingerprint density at radius 1 is 1.16 bits per heavy atom. The maximum absolute atomic E-state index is 12.1. The number of benzene rings is 1. The summed E-state index contributed by atoms with van der Waals surface area (Å²) < 4.78 is 2.51. The molecule has 8 heteroatoms. The lowest BCUT2D eigenvalue weighted by atomic mass is 10.3. The maximum Gasteiger partial charge on any atom is 0.272 e. The Balaban J connectivity index is 1.58. The highest BCUT2D eigenvalue weighted by atomic mass is 79.9. The molecule has 0 spiro atoms. The zero-order valence-corrected chi connectivity index (χ0v) is 14.6. The summed E-state index contributed by atoms with van der Waals surface area (Å²) in [6, 6.07) is 12.6. The summed E-state index contributed by atoms with van der Waals surface area (Å²) in [5.74, 6) is -0.761. The summed E-state index contributed by atoms with van der Waals surface area (Å²) in [4.78, 5) is 27.9. The smallest absolute Gasteiger partial charge is 0.272 e. The van der Waals surface area contributed by atoms with Crippen molar-refractivity contribution in [2.24, 2.45) is 0 Å². The Morgan fingerprint density at radius 3 is 2.80 bits per heavy atom. The number of carbonyl (C=O) groups is 2. The fourth-order valence-electron chi connectivity index (χ4n) is 2.10. The Labute approximate surface area is 152 Å². The van der Waals surface area contributed by atoms with Gasteiger partial charge in [0.25, 0.3) is 5.91 Å². The second-order valence-corrected chi connectivity index (χ2v) is 6.01. The van der Waals surface area contributed by atoms with Crippen molar-refractivity contribution in [2.75, 3.05) is 11.9 Å². The van der Waals surface area contributed by atoms with E-state index in [1.165, 1.54) is 6.20 Å². The van der Waals surface area contributed by atoms with Crippen LogP contribution in [0.25, 0.3) is 5.69 Å². The van der Waals surface area contributed by atoms with E-state index in [1.807, 2.05) is 24.3 Å². The van der Waals surface area contributed by atoms with Crippen LogP contribution in [-0.2, 0) is 4.79 Å². The van der Waals surface area contributed by atoms with Gasteiger partial charge in [0.05, 0.1) is 24.1 Å². The lowest BCUT2D eigenvalue weighted by Crippen LogP contribution is -2.33. The minimum absolute atomic E-state index is 0.155. The van der Waals surface area contributed by atoms with E-state index in [-0.39, 0.29) is 18.1 Å². The number of carbonyl (C=O) groups excluding carboxylic acids is 2. The van der Waals surface area contributed by atoms with E-state index in [9.17, 15) is 9.59 Å². The molecular formula is C17H14BrN5O2. The van der Waals surface area contributed by atoms with E-state index >= 15 is 0 Å². The fourth-order valence-corrected chi connectivity index (χ4v) is 2.49. The number of hydrogen-bond donors (Lipinski definition) is 2. The van der Waals surface area contributed by atoms with E-state index in [4.69, 9.17) is 0 Å². The molecule has 1 aromatic carbocycles. The van der Waals surface area contributed by atoms with Gasteiger partial charge in [-0.05, 0) is 36.4 Å². The van der Waals surface area contributed by atoms with Crippen LogP contribution in [0.15, 0.2) is 65.5 Å². The third kappa shape index (κ3) is 4.51. The molecule has 0 fully saturated rings. The highest BCUT2D eigenvalue weighted by Gasteiger charge is 2.12. The topological polar surface area (TPSA) is 88.9 Å². The Bertz CT molecular complexity index is 895. The number of aromatic nitrogens is 3. The molecule has 2 N–H and O–H groups in total. The summed E-state index contributed by atoms with van der Waals surface area (Å²) in [7, 11) is 0. The lowest BCUT2D eigenvalue weighted by Gasteiger charge is -2.05. The van der Waals surface area contributed by atoms with Crippen LogP contribution in [0, 0.1) is 0 Å². The van der Waals surface area contributed by atoms with E-state index < -0.39 is 5.91 Å². The van der Waals surface area contributed by atoms with Crippen molar-refractivity contribution in [3.8, 4) is 5.69 Å². The first-order chi connectivity index (χ1) is 12.1. The number of amides is 2. The number of anilines is 1. The molecule has 7 nitrogen and oxygen atoms in total. The molecule has 0 saturated heterocycles. The first kappa shape index (κ1) is 16.8. The zero-order chi connectivity index (χ0) is 17.6. The first-order valence-corrected chi connectivity index (χ1v) is 8.21. The third-order valence-electron chi connectivity index (χ3n) is 3.25. The third-order valence-corrected chi connectivity index (χ3v) is 3.74. The van der Waals surface area contributed by atoms with Crippen molar-refractivity contribution in [1.82, 2.24) is 20.1 Å². The molecule has 0 aliphatic heterocycles. The normalized spacial score (nSPS) is 10.3. The van der Waals surface area contributed by atoms with E-state index in [0.29, 0.717) is 5.69 Å². The van der Waals surface area contributed by atoms with Gasteiger partial charge in [-0.2, -0.15) is 5.10 Å². The SMILES string of the molecule is O=C(CNC(=O)c1ccn(-c2cccc(Br)c2)n1)Nc1cccnc1. The molecule has 0 saturated carbocycles. The summed E-state index contributed by atoms with van der Waals surface area (Å²) in [6.07, 6.45) is 4.82. The van der Waals surface area contributed by atoms with Gasteiger partial charge in [-0.25, -0.2) is 4.68 Å². The number of hydrogen-bond acceptors (Lipinski definition) is 4. The van der Waals surface area contributed by atoms with E-state index in [1.54, 1.807) is 35.3 Å². The van der Waals surface area contributed by atoms with Crippen LogP contribution in [0.2, 0.25) is 0 Å². The first-order valence-electron chi connectivity index (χ1n) is 7.41. The Kier molecular flexibility index (Phi) is 5.20. The maximum atomic E-state index is 12.1. The van der Waals surface area contributed by atoms with Crippen molar-refractivity contribution in [2.45, 2.75) is 0 Å². The molecule has 3 rings (SSSR count). The minimum atomic E-state index is -0.421. The number of nitrogens with zero attached hydrogens (tertiary/aromatic N) is 3. The van der Waals surface area contributed by atoms with Crippen LogP contribution in [0.4, 0.5) is 5.69 Å². The van der Waals surface area contributed by atoms with Crippen molar-refractivity contribution in [1.29, 1.82) is 0 Å². The largest absolute Gasteiger partial charge is 0.342 e. The van der Waals surface area contributed by atoms with Crippen molar-refractivity contribution >= 4 is 33.4 Å². The van der Waals surface area contributed by atoms with Crippen LogP contribution in [0.5, 0.6) is 0 Å². The summed E-state index contributed by atoms with van der Waals surface area (Å²) in [5, 5.41) is 9.40. The molecule has 126 valence electrons. The molecule has 0 aliphatic carbocycles. The molecule has 2 heterocycles. The van der Waals surface area contributed by atoms with Crippen LogP contribution < -0.4 is 10.6 Å². The highest BCUT2D eigenvalue weighted by Crippen LogP contribution is 2.15. The van der Waals surface area contributed by atoms with Crippen molar-refractivity contribution in [3.05, 3.63) is 71.2 Å². The van der Waals surface area contributed by atoms with Gasteiger partial charge in [0.1, 0.15) is 0 Å². The van der Waals surface area contributed by atoms with Gasteiger partial charge >= 0.3 is 0 Å². The van der Waals surface area contributed by atoms with Gasteiger partial charge in [0.2, 0.25) is 5.91 Å². The van der Waals surface area contributed by atoms with Crippen LogP contribution >= 0.6 is 15.9 Å². The molecule has 2 aromatic heterocycles. The summed E-state index contributed by atoms with van der Waals surface area (Å²) in [5.41, 5.74) is 1.62. The molecule has 0 atom stereocenters. The predicted molar refractivity (Wildman–Crippen MR) is 96.5 cm³/mol. The number of rotatable bonds is 5. The Morgan fingerprint density at radius 2 is 2.04 bits per heavy atom. The van der Waals surface area contributed by atoms with Crippen molar-refractivity contribution < 1.29 is 9.59 Å². The molecule has 0 unspecified atom stereocenters. The molecule has 3 aromatic rings. The highest BCUT2D eigenvalue weighted by molar-refractivity contribution is 9.10. The fraction of sp³-hybridized carbons (Fsp3) is 0.0588. The standard InChI is InChI=1S/C17H14BrN5O2/c18-12-3-1-5-14(9-12)23-8-6-15(22-23)17(25)20-11-16(24)21-13-4-2-7-19-10-13/h1-10H,11H2,(H,20,25)(H,21,24). The number of halogens is 1. The average Bonchev–Trinajstić information content (AvgIpc) is 3.11. The van der Waals surface area contributed by atoms with Crippen LogP contribution in [-0.4, -0.2) is 33.1 Å². The van der Waals surface area contributed by atoms with Gasteiger partial charge in [-0.1, -0.05) is 22.0 Å². The lowest BCUT2D eigenvalue weighted by molar-refractivity contribution is -0.115. The summed E-state index contributed by atoms with van der Waals surface area (Å²) in [6.45, 7) is -0.155. The van der Waals surface area contributed by atoms with Crippen LogP contribution in [0.3, 0.4) is 0 Å². The molecule has 25 heavy (non-hydrogen) atoms. The quantitative estimate of drug-likeness (QED) is 0.689. The van der Waals surface area contributed by atoms with E-state index in [2.05, 4.69) is 36.6 Å². The summed E-state index contributed by atoms with van der Waals surface area (Å²) >= 11 is 3.39. The van der Waals surface area contributed by atoms with Crippen LogP contribution in [0.1, 0.15) is 10.5 Å². The van der Waals surface area contributed by atoms with Gasteiger partial charge in [0.15, 0.2) is 5.69 Å². The van der Waals surface area contributed by atoms with E-state index in [0.717, 1.165) is 10.2 Å². The van der Waals surface area contributed by atoms with Gasteiger partial charge in [-0.15, -0.1) is 0 Å².